The zero-order valence-electron chi connectivity index (χ0n) is 11.8. The molecule has 1 heterocycles. The molecule has 0 aliphatic rings. The van der Waals surface area contributed by atoms with E-state index in [9.17, 15) is 17.3 Å². The molecule has 118 valence electrons. The first-order chi connectivity index (χ1) is 9.36. The molecule has 0 saturated heterocycles. The van der Waals surface area contributed by atoms with Gasteiger partial charge in [0.2, 0.25) is 6.33 Å². The summed E-state index contributed by atoms with van der Waals surface area (Å²) in [5.74, 6) is 0. The minimum Gasteiger partial charge on any atom is -0.418 e. The third-order valence-electron chi connectivity index (χ3n) is 1.92. The Labute approximate surface area is 116 Å². The Morgan fingerprint density at radius 3 is 2.15 bits per heavy atom. The van der Waals surface area contributed by atoms with Gasteiger partial charge in [-0.2, -0.15) is 0 Å². The zero-order chi connectivity index (χ0) is 15.4. The van der Waals surface area contributed by atoms with E-state index in [1.54, 1.807) is 0 Å². The van der Waals surface area contributed by atoms with Crippen LogP contribution in [0.1, 0.15) is 26.7 Å². The first-order valence-corrected chi connectivity index (χ1v) is 6.44. The van der Waals surface area contributed by atoms with Crippen LogP contribution in [0.4, 0.5) is 17.3 Å². The van der Waals surface area contributed by atoms with Crippen LogP contribution >= 0.6 is 0 Å². The number of imidazole rings is 1. The second-order valence-corrected chi connectivity index (χ2v) is 4.01. The van der Waals surface area contributed by atoms with E-state index in [2.05, 4.69) is 13.8 Å². The summed E-state index contributed by atoms with van der Waals surface area (Å²) < 4.78 is 53.8. The minimum atomic E-state index is -6.00. The molecule has 0 N–H and O–H groups in total. The first-order valence-electron chi connectivity index (χ1n) is 6.44. The van der Waals surface area contributed by atoms with Crippen molar-refractivity contribution in [3.8, 4) is 0 Å². The van der Waals surface area contributed by atoms with Crippen molar-refractivity contribution in [1.29, 1.82) is 0 Å². The highest BCUT2D eigenvalue weighted by atomic mass is 19.5. The smallest absolute Gasteiger partial charge is 0.418 e. The van der Waals surface area contributed by atoms with Crippen LogP contribution in [0.5, 0.6) is 0 Å². The van der Waals surface area contributed by atoms with Crippen LogP contribution in [0.2, 0.25) is 0 Å². The van der Waals surface area contributed by atoms with E-state index in [0.29, 0.717) is 13.5 Å². The lowest BCUT2D eigenvalue weighted by Gasteiger charge is -1.98. The number of aromatic nitrogens is 2. The maximum absolute atomic E-state index is 9.75. The van der Waals surface area contributed by atoms with Crippen LogP contribution in [0, 0.1) is 0 Å². The topological polar surface area (TPSA) is 27.3 Å². The Balaban J connectivity index is 0.000000621. The van der Waals surface area contributed by atoms with Gasteiger partial charge in [-0.1, -0.05) is 13.8 Å². The van der Waals surface area contributed by atoms with Gasteiger partial charge < -0.3 is 26.7 Å². The van der Waals surface area contributed by atoms with E-state index in [-0.39, 0.29) is 0 Å². The van der Waals surface area contributed by atoms with E-state index >= 15 is 0 Å². The fourth-order valence-corrected chi connectivity index (χ4v) is 1.22. The van der Waals surface area contributed by atoms with E-state index < -0.39 is 7.25 Å². The molecule has 0 aliphatic carbocycles. The van der Waals surface area contributed by atoms with Crippen molar-refractivity contribution in [3.05, 3.63) is 18.7 Å². The molecule has 0 fully saturated rings. The quantitative estimate of drug-likeness (QED) is 0.319. The highest BCUT2D eigenvalue weighted by molar-refractivity contribution is 6.50. The van der Waals surface area contributed by atoms with E-state index in [4.69, 9.17) is 9.47 Å². The summed E-state index contributed by atoms with van der Waals surface area (Å²) in [5, 5.41) is 0. The van der Waals surface area contributed by atoms with Crippen molar-refractivity contribution >= 4 is 7.25 Å². The van der Waals surface area contributed by atoms with Gasteiger partial charge in [0, 0.05) is 0 Å². The summed E-state index contributed by atoms with van der Waals surface area (Å²) >= 11 is 0. The summed E-state index contributed by atoms with van der Waals surface area (Å²) in [6.45, 7) is 7.07. The van der Waals surface area contributed by atoms with Crippen molar-refractivity contribution in [2.45, 2.75) is 40.2 Å². The molecular formula is C11H21BF4N2O2. The van der Waals surface area contributed by atoms with Crippen molar-refractivity contribution in [2.75, 3.05) is 13.2 Å². The summed E-state index contributed by atoms with van der Waals surface area (Å²) in [6, 6.07) is 0. The lowest BCUT2D eigenvalue weighted by Crippen LogP contribution is -2.32. The van der Waals surface area contributed by atoms with Crippen LogP contribution in [0.3, 0.4) is 0 Å². The van der Waals surface area contributed by atoms with Crippen LogP contribution in [0.15, 0.2) is 18.7 Å². The number of halogens is 4. The van der Waals surface area contributed by atoms with E-state index in [1.165, 1.54) is 0 Å². The molecule has 1 aromatic heterocycles. The number of hydrogen-bond donors (Lipinski definition) is 0. The van der Waals surface area contributed by atoms with Gasteiger partial charge in [0.15, 0.2) is 13.5 Å². The van der Waals surface area contributed by atoms with E-state index in [0.717, 1.165) is 26.1 Å². The van der Waals surface area contributed by atoms with Gasteiger partial charge in [-0.15, -0.1) is 0 Å². The third-order valence-corrected chi connectivity index (χ3v) is 1.92. The molecule has 0 unspecified atom stereocenters. The molecule has 0 amide bonds. The lowest BCUT2D eigenvalue weighted by atomic mass is 10.3. The maximum Gasteiger partial charge on any atom is 0.673 e. The van der Waals surface area contributed by atoms with Crippen molar-refractivity contribution in [3.63, 3.8) is 0 Å². The second kappa shape index (κ2) is 10.7. The molecule has 0 saturated carbocycles. The van der Waals surface area contributed by atoms with Gasteiger partial charge in [0.05, 0.1) is 13.2 Å². The third kappa shape index (κ3) is 13.3. The second-order valence-electron chi connectivity index (χ2n) is 4.01. The summed E-state index contributed by atoms with van der Waals surface area (Å²) in [4.78, 5) is 0. The average molecular weight is 300 g/mol. The lowest BCUT2D eigenvalue weighted by molar-refractivity contribution is -0.732. The van der Waals surface area contributed by atoms with Gasteiger partial charge in [0.25, 0.3) is 0 Å². The van der Waals surface area contributed by atoms with Crippen molar-refractivity contribution < 1.29 is 31.3 Å². The van der Waals surface area contributed by atoms with Crippen LogP contribution < -0.4 is 4.57 Å². The standard InChI is InChI=1S/C11H21N2O2.BF4/c1-3-7-14-10-12-5-6-13(9-12)11-15-8-4-2;2-1(3,4)5/h5-6,9H,3-4,7-8,10-11H2,1-2H3;/q+1;-1. The highest BCUT2D eigenvalue weighted by Gasteiger charge is 2.20. The van der Waals surface area contributed by atoms with Crippen LogP contribution in [-0.2, 0) is 22.9 Å². The van der Waals surface area contributed by atoms with Crippen LogP contribution in [-0.4, -0.2) is 25.0 Å². The Morgan fingerprint density at radius 1 is 1.05 bits per heavy atom. The molecule has 0 atom stereocenters. The van der Waals surface area contributed by atoms with Gasteiger partial charge in [-0.25, -0.2) is 9.13 Å². The molecule has 20 heavy (non-hydrogen) atoms. The van der Waals surface area contributed by atoms with Gasteiger partial charge in [0.1, 0.15) is 12.4 Å². The predicted octanol–water partition coefficient (Wildman–Crippen LogP) is 2.84. The number of ether oxygens (including phenoxy) is 2. The minimum absolute atomic E-state index is 0.620. The van der Waals surface area contributed by atoms with E-state index in [1.807, 2.05) is 27.9 Å². The average Bonchev–Trinajstić information content (AvgIpc) is 2.76. The predicted molar refractivity (Wildman–Crippen MR) is 67.3 cm³/mol. The Morgan fingerprint density at radius 2 is 1.60 bits per heavy atom. The Hall–Kier alpha value is -1.09. The molecule has 0 aliphatic heterocycles. The zero-order valence-corrected chi connectivity index (χ0v) is 11.8. The summed E-state index contributed by atoms with van der Waals surface area (Å²) in [5.41, 5.74) is 0. The summed E-state index contributed by atoms with van der Waals surface area (Å²) in [7, 11) is -6.00. The highest BCUT2D eigenvalue weighted by Crippen LogP contribution is 2.06. The van der Waals surface area contributed by atoms with Gasteiger partial charge in [-0.3, -0.25) is 0 Å². The molecule has 0 aromatic carbocycles. The molecule has 4 nitrogen and oxygen atoms in total. The Bertz CT molecular complexity index is 317. The van der Waals surface area contributed by atoms with Crippen LogP contribution in [0.25, 0.3) is 0 Å². The fraction of sp³-hybridized carbons (Fsp3) is 0.727. The molecule has 0 radical (unpaired) electrons. The largest absolute Gasteiger partial charge is 0.673 e. The molecule has 0 spiro atoms. The van der Waals surface area contributed by atoms with Crippen molar-refractivity contribution in [2.24, 2.45) is 0 Å². The SMILES string of the molecule is CCCOCn1cc[n+](COCCC)c1.F[B-](F)(F)F. The normalized spacial score (nSPS) is 11.1. The maximum atomic E-state index is 9.75. The van der Waals surface area contributed by atoms with Gasteiger partial charge in [-0.05, 0) is 12.8 Å². The monoisotopic (exact) mass is 300 g/mol. The van der Waals surface area contributed by atoms with Gasteiger partial charge >= 0.3 is 7.25 Å². The number of rotatable bonds is 8. The molecular weight excluding hydrogens is 279 g/mol. The fourth-order valence-electron chi connectivity index (χ4n) is 1.22. The molecule has 0 bridgehead atoms. The molecule has 1 rings (SSSR count). The van der Waals surface area contributed by atoms with Crippen molar-refractivity contribution in [1.82, 2.24) is 4.57 Å². The number of nitrogens with zero attached hydrogens (tertiary/aromatic N) is 2. The first kappa shape index (κ1) is 18.9. The summed E-state index contributed by atoms with van der Waals surface area (Å²) in [6.07, 6.45) is 8.09. The number of hydrogen-bond acceptors (Lipinski definition) is 2. The Kier molecular flexibility index (Phi) is 10.1. The molecule has 1 aromatic rings. The molecule has 9 heteroatoms.